The Morgan fingerprint density at radius 2 is 1.90 bits per heavy atom. The lowest BCUT2D eigenvalue weighted by Gasteiger charge is -2.38. The first-order valence-electron chi connectivity index (χ1n) is 7.05. The molecule has 8 heteroatoms. The molecule has 2 atom stereocenters. The number of nitrogens with one attached hydrogen (secondary N) is 1. The predicted molar refractivity (Wildman–Crippen MR) is 69.5 cm³/mol. The average Bonchev–Trinajstić information content (AvgIpc) is 2.40. The van der Waals surface area contributed by atoms with Gasteiger partial charge in [0.2, 0.25) is 11.8 Å². The largest absolute Gasteiger partial charge is 0.411 e. The third kappa shape index (κ3) is 5.18. The van der Waals surface area contributed by atoms with Gasteiger partial charge in [-0.25, -0.2) is 0 Å². The van der Waals surface area contributed by atoms with Gasteiger partial charge < -0.3 is 15.0 Å². The number of piperazine rings is 1. The van der Waals surface area contributed by atoms with Crippen molar-refractivity contribution in [1.29, 1.82) is 0 Å². The highest BCUT2D eigenvalue weighted by Gasteiger charge is 2.38. The first-order valence-corrected chi connectivity index (χ1v) is 7.05. The summed E-state index contributed by atoms with van der Waals surface area (Å²) in [5.74, 6) is -0.389. The van der Waals surface area contributed by atoms with Crippen LogP contribution in [0.4, 0.5) is 13.2 Å². The number of carbonyl (C=O) groups excluding carboxylic acids is 2. The number of rotatable bonds is 7. The molecule has 0 aromatic heterocycles. The van der Waals surface area contributed by atoms with E-state index >= 15 is 0 Å². The van der Waals surface area contributed by atoms with Gasteiger partial charge in [-0.2, -0.15) is 13.2 Å². The molecule has 0 aliphatic carbocycles. The summed E-state index contributed by atoms with van der Waals surface area (Å²) in [6.07, 6.45) is -3.12. The number of hydrogen-bond acceptors (Lipinski definition) is 3. The van der Waals surface area contributed by atoms with Crippen LogP contribution in [0.15, 0.2) is 0 Å². The lowest BCUT2D eigenvalue weighted by atomic mass is 10.0. The Morgan fingerprint density at radius 1 is 1.24 bits per heavy atom. The molecule has 2 unspecified atom stereocenters. The molecule has 5 nitrogen and oxygen atoms in total. The summed E-state index contributed by atoms with van der Waals surface area (Å²) in [5, 5.41) is 2.66. The molecule has 0 aromatic rings. The Bertz CT molecular complexity index is 374. The maximum atomic E-state index is 12.2. The first kappa shape index (κ1) is 17.7. The molecule has 21 heavy (non-hydrogen) atoms. The van der Waals surface area contributed by atoms with Crippen molar-refractivity contribution in [2.75, 3.05) is 19.8 Å². The second-order valence-electron chi connectivity index (χ2n) is 4.95. The van der Waals surface area contributed by atoms with E-state index in [2.05, 4.69) is 10.1 Å². The molecule has 1 aliphatic heterocycles. The van der Waals surface area contributed by atoms with Crippen LogP contribution in [0.1, 0.15) is 33.1 Å². The summed E-state index contributed by atoms with van der Waals surface area (Å²) in [7, 11) is 0. The van der Waals surface area contributed by atoms with E-state index in [1.165, 1.54) is 4.90 Å². The van der Waals surface area contributed by atoms with Crippen molar-refractivity contribution in [1.82, 2.24) is 10.2 Å². The second kappa shape index (κ2) is 7.63. The van der Waals surface area contributed by atoms with E-state index in [1.54, 1.807) is 13.8 Å². The zero-order valence-corrected chi connectivity index (χ0v) is 12.2. The van der Waals surface area contributed by atoms with Gasteiger partial charge >= 0.3 is 6.18 Å². The molecule has 2 amide bonds. The fraction of sp³-hybridized carbons (Fsp3) is 0.846. The standard InChI is InChI=1S/C13H21F3N2O3/c1-3-9-12(20)18(10(4-2)11(19)17-9)6-5-7-21-8-13(14,15)16/h9-10H,3-8H2,1-2H3,(H,17,19). The smallest absolute Gasteiger partial charge is 0.372 e. The molecule has 122 valence electrons. The number of ether oxygens (including phenoxy) is 1. The predicted octanol–water partition coefficient (Wildman–Crippen LogP) is 1.47. The fourth-order valence-electron chi connectivity index (χ4n) is 2.30. The normalized spacial score (nSPS) is 23.4. The molecule has 0 spiro atoms. The van der Waals surface area contributed by atoms with Gasteiger partial charge in [-0.15, -0.1) is 0 Å². The molecule has 1 aliphatic rings. The topological polar surface area (TPSA) is 58.6 Å². The Kier molecular flexibility index (Phi) is 6.44. The Labute approximate surface area is 121 Å². The van der Waals surface area contributed by atoms with E-state index in [-0.39, 0.29) is 31.4 Å². The van der Waals surface area contributed by atoms with Gasteiger partial charge in [0.05, 0.1) is 0 Å². The highest BCUT2D eigenvalue weighted by molar-refractivity contribution is 5.96. The van der Waals surface area contributed by atoms with Crippen molar-refractivity contribution in [2.45, 2.75) is 51.4 Å². The Hall–Kier alpha value is -1.31. The summed E-state index contributed by atoms with van der Waals surface area (Å²) in [5.41, 5.74) is 0. The van der Waals surface area contributed by atoms with E-state index in [1.807, 2.05) is 0 Å². The number of amides is 2. The quantitative estimate of drug-likeness (QED) is 0.725. The van der Waals surface area contributed by atoms with Gasteiger partial charge in [0.15, 0.2) is 0 Å². The molecule has 1 rings (SSSR count). The molecule has 1 N–H and O–H groups in total. The number of halogens is 3. The fourth-order valence-corrected chi connectivity index (χ4v) is 2.30. The van der Waals surface area contributed by atoms with E-state index < -0.39 is 24.9 Å². The second-order valence-corrected chi connectivity index (χ2v) is 4.95. The number of alkyl halides is 3. The zero-order valence-electron chi connectivity index (χ0n) is 12.2. The summed E-state index contributed by atoms with van der Waals surface area (Å²) < 4.78 is 40.3. The van der Waals surface area contributed by atoms with Crippen LogP contribution in [-0.4, -0.2) is 54.7 Å². The monoisotopic (exact) mass is 310 g/mol. The zero-order chi connectivity index (χ0) is 16.0. The molecule has 0 radical (unpaired) electrons. The van der Waals surface area contributed by atoms with Crippen molar-refractivity contribution in [3.8, 4) is 0 Å². The summed E-state index contributed by atoms with van der Waals surface area (Å²) in [6.45, 7) is 2.41. The molecular weight excluding hydrogens is 289 g/mol. The highest BCUT2D eigenvalue weighted by atomic mass is 19.4. The minimum Gasteiger partial charge on any atom is -0.372 e. The van der Waals surface area contributed by atoms with Gasteiger partial charge in [-0.1, -0.05) is 13.8 Å². The van der Waals surface area contributed by atoms with Gasteiger partial charge in [-0.3, -0.25) is 9.59 Å². The highest BCUT2D eigenvalue weighted by Crippen LogP contribution is 2.16. The first-order chi connectivity index (χ1) is 9.80. The van der Waals surface area contributed by atoms with Crippen LogP contribution in [0, 0.1) is 0 Å². The molecule has 1 fully saturated rings. The van der Waals surface area contributed by atoms with Gasteiger partial charge in [-0.05, 0) is 19.3 Å². The molecule has 1 saturated heterocycles. The molecule has 1 heterocycles. The van der Waals surface area contributed by atoms with Crippen molar-refractivity contribution in [2.24, 2.45) is 0 Å². The van der Waals surface area contributed by atoms with Crippen molar-refractivity contribution in [3.05, 3.63) is 0 Å². The van der Waals surface area contributed by atoms with Gasteiger partial charge in [0.1, 0.15) is 18.7 Å². The van der Waals surface area contributed by atoms with Crippen molar-refractivity contribution in [3.63, 3.8) is 0 Å². The van der Waals surface area contributed by atoms with E-state index in [9.17, 15) is 22.8 Å². The summed E-state index contributed by atoms with van der Waals surface area (Å²) >= 11 is 0. The van der Waals surface area contributed by atoms with Crippen LogP contribution in [0.2, 0.25) is 0 Å². The Balaban J connectivity index is 2.49. The number of hydrogen-bond donors (Lipinski definition) is 1. The van der Waals surface area contributed by atoms with Crippen molar-refractivity contribution < 1.29 is 27.5 Å². The summed E-state index contributed by atoms with van der Waals surface area (Å²) in [6, 6.07) is -1.10. The van der Waals surface area contributed by atoms with E-state index in [4.69, 9.17) is 0 Å². The maximum Gasteiger partial charge on any atom is 0.411 e. The lowest BCUT2D eigenvalue weighted by molar-refractivity contribution is -0.174. The number of carbonyl (C=O) groups is 2. The minimum atomic E-state index is -4.35. The Morgan fingerprint density at radius 3 is 2.43 bits per heavy atom. The van der Waals surface area contributed by atoms with Crippen LogP contribution in [-0.2, 0) is 14.3 Å². The van der Waals surface area contributed by atoms with Crippen LogP contribution in [0.3, 0.4) is 0 Å². The van der Waals surface area contributed by atoms with Gasteiger partial charge in [0, 0.05) is 13.2 Å². The molecule has 0 aromatic carbocycles. The number of nitrogens with zero attached hydrogens (tertiary/aromatic N) is 1. The minimum absolute atomic E-state index is 0.0991. The molecule has 0 saturated carbocycles. The average molecular weight is 310 g/mol. The maximum absolute atomic E-state index is 12.2. The third-order valence-corrected chi connectivity index (χ3v) is 3.32. The third-order valence-electron chi connectivity index (χ3n) is 3.32. The van der Waals surface area contributed by atoms with Crippen LogP contribution >= 0.6 is 0 Å². The molecule has 0 bridgehead atoms. The summed E-state index contributed by atoms with van der Waals surface area (Å²) in [4.78, 5) is 25.5. The SMILES string of the molecule is CCC1NC(=O)C(CC)N(CCCOCC(F)(F)F)C1=O. The van der Waals surface area contributed by atoms with Crippen LogP contribution < -0.4 is 5.32 Å². The van der Waals surface area contributed by atoms with Crippen molar-refractivity contribution >= 4 is 11.8 Å². The lowest BCUT2D eigenvalue weighted by Crippen LogP contribution is -2.63. The van der Waals surface area contributed by atoms with Crippen LogP contribution in [0.25, 0.3) is 0 Å². The van der Waals surface area contributed by atoms with E-state index in [0.29, 0.717) is 12.8 Å². The molecular formula is C13H21F3N2O3. The van der Waals surface area contributed by atoms with E-state index in [0.717, 1.165) is 0 Å². The van der Waals surface area contributed by atoms with Gasteiger partial charge in [0.25, 0.3) is 0 Å². The van der Waals surface area contributed by atoms with Crippen LogP contribution in [0.5, 0.6) is 0 Å².